The Labute approximate surface area is 148 Å². The molecule has 0 spiro atoms. The highest BCUT2D eigenvalue weighted by Gasteiger charge is 2.22. The van der Waals surface area contributed by atoms with Crippen molar-refractivity contribution in [2.75, 3.05) is 6.54 Å². The average Bonchev–Trinajstić information content (AvgIpc) is 3.01. The zero-order valence-corrected chi connectivity index (χ0v) is 14.3. The molecule has 1 aliphatic carbocycles. The highest BCUT2D eigenvalue weighted by molar-refractivity contribution is 6.26. The highest BCUT2D eigenvalue weighted by Crippen LogP contribution is 2.36. The number of allylic oxidation sites excluding steroid dienone is 2. The number of carbonyl (C=O) groups excluding carboxylic acids is 2. The van der Waals surface area contributed by atoms with Gasteiger partial charge in [-0.2, -0.15) is 0 Å². The van der Waals surface area contributed by atoms with E-state index in [-0.39, 0.29) is 5.91 Å². The van der Waals surface area contributed by atoms with Crippen LogP contribution in [-0.4, -0.2) is 18.7 Å². The van der Waals surface area contributed by atoms with Gasteiger partial charge in [-0.1, -0.05) is 61.9 Å². The first-order valence-electron chi connectivity index (χ1n) is 8.59. The van der Waals surface area contributed by atoms with E-state index < -0.39 is 0 Å². The molecule has 0 atom stereocenters. The lowest BCUT2D eigenvalue weighted by molar-refractivity contribution is -0.115. The number of carbonyl (C=O) groups is 2. The molecule has 2 aromatic rings. The van der Waals surface area contributed by atoms with E-state index in [1.807, 2.05) is 48.6 Å². The maximum absolute atomic E-state index is 12.5. The molecule has 25 heavy (non-hydrogen) atoms. The Bertz CT molecular complexity index is 845. The van der Waals surface area contributed by atoms with E-state index in [9.17, 15) is 9.59 Å². The Kier molecular flexibility index (Phi) is 5.24. The molecule has 126 valence electrons. The molecule has 0 saturated heterocycles. The Morgan fingerprint density at radius 3 is 2.36 bits per heavy atom. The molecule has 1 amide bonds. The van der Waals surface area contributed by atoms with Gasteiger partial charge in [-0.25, -0.2) is 0 Å². The first-order chi connectivity index (χ1) is 12.2. The van der Waals surface area contributed by atoms with Crippen LogP contribution in [0.4, 0.5) is 0 Å². The Morgan fingerprint density at radius 2 is 1.68 bits per heavy atom. The van der Waals surface area contributed by atoms with E-state index >= 15 is 0 Å². The molecule has 0 radical (unpaired) electrons. The second-order valence-corrected chi connectivity index (χ2v) is 6.10. The monoisotopic (exact) mass is 331 g/mol. The van der Waals surface area contributed by atoms with Crippen molar-refractivity contribution >= 4 is 29.4 Å². The summed E-state index contributed by atoms with van der Waals surface area (Å²) in [6.07, 6.45) is 6.85. The number of hydrogen-bond donors (Lipinski definition) is 1. The molecule has 0 fully saturated rings. The molecular weight excluding hydrogens is 310 g/mol. The van der Waals surface area contributed by atoms with Gasteiger partial charge in [0.15, 0.2) is 0 Å². The van der Waals surface area contributed by atoms with Crippen LogP contribution in [-0.2, 0) is 4.79 Å². The van der Waals surface area contributed by atoms with E-state index in [0.29, 0.717) is 17.7 Å². The molecule has 3 nitrogen and oxygen atoms in total. The third-order valence-electron chi connectivity index (χ3n) is 4.28. The van der Waals surface area contributed by atoms with Crippen molar-refractivity contribution in [1.29, 1.82) is 0 Å². The predicted octanol–water partition coefficient (Wildman–Crippen LogP) is 4.35. The molecule has 3 heteroatoms. The lowest BCUT2D eigenvalue weighted by Crippen LogP contribution is -2.24. The summed E-state index contributed by atoms with van der Waals surface area (Å²) in [4.78, 5) is 23.3. The zero-order chi connectivity index (χ0) is 17.6. The topological polar surface area (TPSA) is 46.2 Å². The number of nitrogens with one attached hydrogen (secondary N) is 1. The molecule has 0 aromatic heterocycles. The smallest absolute Gasteiger partial charge is 0.251 e. The maximum atomic E-state index is 12.5. The lowest BCUT2D eigenvalue weighted by atomic mass is 10.0. The second-order valence-electron chi connectivity index (χ2n) is 6.10. The van der Waals surface area contributed by atoms with Gasteiger partial charge in [-0.15, -0.1) is 0 Å². The fourth-order valence-electron chi connectivity index (χ4n) is 2.91. The van der Waals surface area contributed by atoms with Crippen molar-refractivity contribution in [3.05, 3.63) is 76.9 Å². The van der Waals surface area contributed by atoms with Crippen molar-refractivity contribution in [3.8, 4) is 0 Å². The number of hydrogen-bond acceptors (Lipinski definition) is 2. The van der Waals surface area contributed by atoms with E-state index in [1.165, 1.54) is 0 Å². The Hall–Kier alpha value is -2.94. The van der Waals surface area contributed by atoms with Gasteiger partial charge in [-0.3, -0.25) is 9.59 Å². The minimum Gasteiger partial charge on any atom is -0.352 e. The van der Waals surface area contributed by atoms with Crippen LogP contribution in [0.1, 0.15) is 46.8 Å². The first kappa shape index (κ1) is 16.9. The van der Waals surface area contributed by atoms with E-state index in [1.54, 1.807) is 12.1 Å². The maximum Gasteiger partial charge on any atom is 0.251 e. The standard InChI is InChI=1S/C22H21NO2/c1-2-3-12-23-22(25)21-14-18(19-6-4-5-7-20(19)21)13-16-8-10-17(15-24)11-9-16/h4-11,13-15H,2-3,12H2,1H3,(H,23,25)/b18-13+. The molecule has 1 N–H and O–H groups in total. The van der Waals surface area contributed by atoms with Crippen molar-refractivity contribution < 1.29 is 9.59 Å². The summed E-state index contributed by atoms with van der Waals surface area (Å²) < 4.78 is 0. The normalized spacial score (nSPS) is 14.1. The summed E-state index contributed by atoms with van der Waals surface area (Å²) in [6.45, 7) is 2.80. The molecule has 0 bridgehead atoms. The van der Waals surface area contributed by atoms with Crippen LogP contribution in [0.2, 0.25) is 0 Å². The fraction of sp³-hybridized carbons (Fsp3) is 0.182. The number of amides is 1. The summed E-state index contributed by atoms with van der Waals surface area (Å²) in [6, 6.07) is 15.4. The summed E-state index contributed by atoms with van der Waals surface area (Å²) >= 11 is 0. The second kappa shape index (κ2) is 7.75. The van der Waals surface area contributed by atoms with Crippen LogP contribution in [0, 0.1) is 0 Å². The molecule has 0 saturated carbocycles. The molecule has 0 unspecified atom stereocenters. The van der Waals surface area contributed by atoms with Gasteiger partial charge in [0.25, 0.3) is 5.91 Å². The molecule has 1 aliphatic rings. The molecule has 0 heterocycles. The predicted molar refractivity (Wildman–Crippen MR) is 102 cm³/mol. The molecule has 2 aromatic carbocycles. The van der Waals surface area contributed by atoms with Crippen molar-refractivity contribution in [3.63, 3.8) is 0 Å². The van der Waals surface area contributed by atoms with Crippen LogP contribution in [0.15, 0.2) is 54.6 Å². The van der Waals surface area contributed by atoms with Gasteiger partial charge in [-0.05, 0) is 40.8 Å². The number of benzene rings is 2. The van der Waals surface area contributed by atoms with Crippen LogP contribution >= 0.6 is 0 Å². The Morgan fingerprint density at radius 1 is 1.00 bits per heavy atom. The number of rotatable bonds is 6. The average molecular weight is 331 g/mol. The molecule has 0 aliphatic heterocycles. The third-order valence-corrected chi connectivity index (χ3v) is 4.28. The lowest BCUT2D eigenvalue weighted by Gasteiger charge is -2.06. The van der Waals surface area contributed by atoms with Gasteiger partial charge in [0.05, 0.1) is 0 Å². The van der Waals surface area contributed by atoms with Crippen LogP contribution in [0.3, 0.4) is 0 Å². The SMILES string of the molecule is CCCCNC(=O)C1=C/C(=C\c2ccc(C=O)cc2)c2ccccc21. The highest BCUT2D eigenvalue weighted by atomic mass is 16.1. The minimum atomic E-state index is -0.0272. The van der Waals surface area contributed by atoms with Gasteiger partial charge in [0.1, 0.15) is 6.29 Å². The van der Waals surface area contributed by atoms with E-state index in [0.717, 1.165) is 41.4 Å². The summed E-state index contributed by atoms with van der Waals surface area (Å²) in [5, 5.41) is 2.99. The van der Waals surface area contributed by atoms with Gasteiger partial charge < -0.3 is 5.32 Å². The van der Waals surface area contributed by atoms with E-state index in [4.69, 9.17) is 0 Å². The van der Waals surface area contributed by atoms with Crippen molar-refractivity contribution in [2.24, 2.45) is 0 Å². The van der Waals surface area contributed by atoms with E-state index in [2.05, 4.69) is 12.2 Å². The van der Waals surface area contributed by atoms with Crippen LogP contribution in [0.25, 0.3) is 17.2 Å². The fourth-order valence-corrected chi connectivity index (χ4v) is 2.91. The zero-order valence-electron chi connectivity index (χ0n) is 14.3. The number of unbranched alkanes of at least 4 members (excludes halogenated alkanes) is 1. The van der Waals surface area contributed by atoms with Crippen LogP contribution in [0.5, 0.6) is 0 Å². The third kappa shape index (κ3) is 3.77. The van der Waals surface area contributed by atoms with Gasteiger partial charge >= 0.3 is 0 Å². The number of aldehydes is 1. The van der Waals surface area contributed by atoms with Crippen molar-refractivity contribution in [1.82, 2.24) is 5.32 Å². The van der Waals surface area contributed by atoms with Gasteiger partial charge in [0.2, 0.25) is 0 Å². The van der Waals surface area contributed by atoms with Crippen molar-refractivity contribution in [2.45, 2.75) is 19.8 Å². The summed E-state index contributed by atoms with van der Waals surface area (Å²) in [5.41, 5.74) is 5.40. The Balaban J connectivity index is 1.92. The molecular formula is C22H21NO2. The summed E-state index contributed by atoms with van der Waals surface area (Å²) in [7, 11) is 0. The molecule has 3 rings (SSSR count). The quantitative estimate of drug-likeness (QED) is 0.632. The summed E-state index contributed by atoms with van der Waals surface area (Å²) in [5.74, 6) is -0.0272. The largest absolute Gasteiger partial charge is 0.352 e. The minimum absolute atomic E-state index is 0.0272. The van der Waals surface area contributed by atoms with Crippen LogP contribution < -0.4 is 5.32 Å². The first-order valence-corrected chi connectivity index (χ1v) is 8.59. The number of fused-ring (bicyclic) bond motifs is 1. The van der Waals surface area contributed by atoms with Gasteiger partial charge in [0, 0.05) is 17.7 Å².